The van der Waals surface area contributed by atoms with Crippen molar-refractivity contribution in [3.05, 3.63) is 24.3 Å². The van der Waals surface area contributed by atoms with Gasteiger partial charge >= 0.3 is 8.80 Å². The molecule has 2 rings (SSSR count). The van der Waals surface area contributed by atoms with Gasteiger partial charge in [-0.2, -0.15) is 0 Å². The van der Waals surface area contributed by atoms with E-state index in [4.69, 9.17) is 13.3 Å². The number of benzene rings is 1. The first-order valence-electron chi connectivity index (χ1n) is 7.36. The summed E-state index contributed by atoms with van der Waals surface area (Å²) in [5.41, 5.74) is 0. The molecule has 0 spiro atoms. The molecule has 4 nitrogen and oxygen atoms in total. The van der Waals surface area contributed by atoms with Crippen LogP contribution in [0, 0.1) is 5.92 Å². The van der Waals surface area contributed by atoms with Crippen molar-refractivity contribution >= 4 is 8.80 Å². The molecule has 3 atom stereocenters. The van der Waals surface area contributed by atoms with Crippen LogP contribution >= 0.6 is 0 Å². The van der Waals surface area contributed by atoms with Gasteiger partial charge in [-0.15, -0.1) is 0 Å². The molecule has 0 aromatic heterocycles. The molecule has 0 saturated carbocycles. The minimum atomic E-state index is -2.67. The lowest BCUT2D eigenvalue weighted by atomic mass is 9.97. The van der Waals surface area contributed by atoms with Crippen molar-refractivity contribution < 1.29 is 18.4 Å². The number of rotatable bonds is 5. The van der Waals surface area contributed by atoms with Gasteiger partial charge in [-0.1, -0.05) is 26.3 Å². The molecule has 1 saturated heterocycles. The van der Waals surface area contributed by atoms with Gasteiger partial charge in [0.1, 0.15) is 11.5 Å². The molecule has 1 fully saturated rings. The smallest absolute Gasteiger partial charge is 0.508 e. The van der Waals surface area contributed by atoms with Gasteiger partial charge in [0.15, 0.2) is 0 Å². The van der Waals surface area contributed by atoms with E-state index in [0.717, 1.165) is 19.3 Å². The van der Waals surface area contributed by atoms with Crippen molar-refractivity contribution in [2.45, 2.75) is 45.8 Å². The van der Waals surface area contributed by atoms with Crippen LogP contribution in [0.4, 0.5) is 0 Å². The Bertz CT molecular complexity index is 440. The normalized spacial score (nSPS) is 30.1. The maximum absolute atomic E-state index is 9.50. The highest BCUT2D eigenvalue weighted by Gasteiger charge is 2.46. The zero-order valence-electron chi connectivity index (χ0n) is 12.5. The Morgan fingerprint density at radius 1 is 1.40 bits per heavy atom. The Labute approximate surface area is 122 Å². The molecule has 0 radical (unpaired) electrons. The number of phenols is 1. The molecule has 1 aromatic carbocycles. The molecule has 1 aromatic rings. The maximum Gasteiger partial charge on any atom is 0.563 e. The lowest BCUT2D eigenvalue weighted by Gasteiger charge is -2.40. The minimum absolute atomic E-state index is 0.187. The van der Waals surface area contributed by atoms with E-state index in [9.17, 15) is 5.11 Å². The fourth-order valence-electron chi connectivity index (χ4n) is 2.55. The molecule has 112 valence electrons. The van der Waals surface area contributed by atoms with Gasteiger partial charge in [0.05, 0.1) is 6.10 Å². The average Bonchev–Trinajstić information content (AvgIpc) is 2.39. The van der Waals surface area contributed by atoms with Crippen molar-refractivity contribution in [3.63, 3.8) is 0 Å². The second kappa shape index (κ2) is 6.61. The summed E-state index contributed by atoms with van der Waals surface area (Å²) in [7, 11) is -2.67. The Hall–Kier alpha value is -1.04. The van der Waals surface area contributed by atoms with Crippen LogP contribution in [0.25, 0.3) is 0 Å². The monoisotopic (exact) mass is 296 g/mol. The Balaban J connectivity index is 2.06. The van der Waals surface area contributed by atoms with Gasteiger partial charge in [-0.3, -0.25) is 0 Å². The molecule has 1 unspecified atom stereocenters. The predicted molar refractivity (Wildman–Crippen MR) is 79.9 cm³/mol. The Morgan fingerprint density at radius 3 is 2.85 bits per heavy atom. The van der Waals surface area contributed by atoms with Crippen LogP contribution in [-0.2, 0) is 8.85 Å². The van der Waals surface area contributed by atoms with E-state index < -0.39 is 8.80 Å². The van der Waals surface area contributed by atoms with Crippen molar-refractivity contribution in [2.24, 2.45) is 5.92 Å². The lowest BCUT2D eigenvalue weighted by molar-refractivity contribution is -0.0373. The van der Waals surface area contributed by atoms with Crippen LogP contribution in [0.1, 0.15) is 33.1 Å². The molecule has 20 heavy (non-hydrogen) atoms. The maximum atomic E-state index is 9.50. The van der Waals surface area contributed by atoms with Gasteiger partial charge in [0.25, 0.3) is 0 Å². The zero-order valence-corrected chi connectivity index (χ0v) is 13.5. The first-order valence-corrected chi connectivity index (χ1v) is 9.58. The van der Waals surface area contributed by atoms with Gasteiger partial charge in [0.2, 0.25) is 0 Å². The fourth-order valence-corrected chi connectivity index (χ4v) is 4.65. The minimum Gasteiger partial charge on any atom is -0.508 e. The van der Waals surface area contributed by atoms with E-state index in [2.05, 4.69) is 13.8 Å². The standard InChI is InChI=1S/C15H24O4Si/c1-4-7-15-12(5-2)11-17-20(3,19-15)18-14-9-6-8-13(16)10-14/h6,8-10,12,15-16H,4-5,7,11H2,1-3H3/t12-,15+,20?/m1/s1. The predicted octanol–water partition coefficient (Wildman–Crippen LogP) is 3.58. The highest BCUT2D eigenvalue weighted by molar-refractivity contribution is 6.60. The SMILES string of the molecule is CCC[C@@H]1O[Si](C)(Oc2cccc(O)c2)OC[C@H]1CC. The summed E-state index contributed by atoms with van der Waals surface area (Å²) in [5.74, 6) is 1.24. The van der Waals surface area contributed by atoms with Crippen LogP contribution in [-0.4, -0.2) is 26.6 Å². The zero-order chi connectivity index (χ0) is 14.6. The molecule has 0 aliphatic carbocycles. The van der Waals surface area contributed by atoms with Crippen molar-refractivity contribution in [1.82, 2.24) is 0 Å². The molecule has 1 aliphatic heterocycles. The molecular formula is C15H24O4Si. The molecule has 1 aliphatic rings. The van der Waals surface area contributed by atoms with Crippen LogP contribution < -0.4 is 4.43 Å². The van der Waals surface area contributed by atoms with E-state index in [-0.39, 0.29) is 11.9 Å². The average molecular weight is 296 g/mol. The Kier molecular flexibility index (Phi) is 5.07. The number of phenolic OH excluding ortho intramolecular Hbond substituents is 1. The fraction of sp³-hybridized carbons (Fsp3) is 0.600. The lowest BCUT2D eigenvalue weighted by Crippen LogP contribution is -2.55. The molecule has 5 heteroatoms. The van der Waals surface area contributed by atoms with Crippen LogP contribution in [0.2, 0.25) is 6.55 Å². The van der Waals surface area contributed by atoms with E-state index >= 15 is 0 Å². The van der Waals surface area contributed by atoms with E-state index in [0.29, 0.717) is 18.3 Å². The highest BCUT2D eigenvalue weighted by atomic mass is 28.4. The first kappa shape index (κ1) is 15.3. The summed E-state index contributed by atoms with van der Waals surface area (Å²) in [6.45, 7) is 6.95. The third kappa shape index (κ3) is 3.74. The number of aromatic hydroxyl groups is 1. The first-order chi connectivity index (χ1) is 9.56. The van der Waals surface area contributed by atoms with Gasteiger partial charge in [-0.05, 0) is 25.0 Å². The van der Waals surface area contributed by atoms with Gasteiger partial charge in [0, 0.05) is 25.1 Å². The highest BCUT2D eigenvalue weighted by Crippen LogP contribution is 2.31. The van der Waals surface area contributed by atoms with Crippen molar-refractivity contribution in [1.29, 1.82) is 0 Å². The second-order valence-corrected chi connectivity index (χ2v) is 7.84. The van der Waals surface area contributed by atoms with Crippen LogP contribution in [0.5, 0.6) is 11.5 Å². The second-order valence-electron chi connectivity index (χ2n) is 5.39. The Morgan fingerprint density at radius 2 is 2.20 bits per heavy atom. The van der Waals surface area contributed by atoms with Crippen molar-refractivity contribution in [3.8, 4) is 11.5 Å². The molecule has 1 heterocycles. The quantitative estimate of drug-likeness (QED) is 0.844. The van der Waals surface area contributed by atoms with Gasteiger partial charge < -0.3 is 18.4 Å². The van der Waals surface area contributed by atoms with E-state index in [1.165, 1.54) is 0 Å². The number of hydrogen-bond donors (Lipinski definition) is 1. The van der Waals surface area contributed by atoms with Crippen LogP contribution in [0.3, 0.4) is 0 Å². The largest absolute Gasteiger partial charge is 0.563 e. The molecule has 1 N–H and O–H groups in total. The van der Waals surface area contributed by atoms with E-state index in [1.807, 2.05) is 12.6 Å². The third-order valence-electron chi connectivity index (χ3n) is 3.67. The molecule has 0 bridgehead atoms. The van der Waals surface area contributed by atoms with Crippen molar-refractivity contribution in [2.75, 3.05) is 6.61 Å². The summed E-state index contributed by atoms with van der Waals surface area (Å²) < 4.78 is 18.0. The van der Waals surface area contributed by atoms with Gasteiger partial charge in [-0.25, -0.2) is 0 Å². The summed E-state index contributed by atoms with van der Waals surface area (Å²) in [6.07, 6.45) is 3.40. The van der Waals surface area contributed by atoms with E-state index in [1.54, 1.807) is 18.2 Å². The summed E-state index contributed by atoms with van der Waals surface area (Å²) >= 11 is 0. The topological polar surface area (TPSA) is 47.9 Å². The number of hydrogen-bond acceptors (Lipinski definition) is 4. The van der Waals surface area contributed by atoms with Crippen LogP contribution in [0.15, 0.2) is 24.3 Å². The molecular weight excluding hydrogens is 272 g/mol. The summed E-state index contributed by atoms with van der Waals surface area (Å²) in [6, 6.07) is 6.77. The summed E-state index contributed by atoms with van der Waals surface area (Å²) in [4.78, 5) is 0. The molecule has 0 amide bonds. The third-order valence-corrected chi connectivity index (χ3v) is 5.70. The summed E-state index contributed by atoms with van der Waals surface area (Å²) in [5, 5.41) is 9.50.